The summed E-state index contributed by atoms with van der Waals surface area (Å²) in [4.78, 5) is 2.43. The van der Waals surface area contributed by atoms with Crippen LogP contribution in [0.1, 0.15) is 24.8 Å². The van der Waals surface area contributed by atoms with Crippen molar-refractivity contribution in [3.05, 3.63) is 34.3 Å². The fraction of sp³-hybridized carbons (Fsp3) is 0.538. The highest BCUT2D eigenvalue weighted by Crippen LogP contribution is 2.31. The summed E-state index contributed by atoms with van der Waals surface area (Å²) < 4.78 is 1.17. The van der Waals surface area contributed by atoms with Crippen LogP contribution in [0.25, 0.3) is 0 Å². The Labute approximate surface area is 101 Å². The Bertz CT molecular complexity index is 320. The summed E-state index contributed by atoms with van der Waals surface area (Å²) in [6.07, 6.45) is 1.34. The smallest absolute Gasteiger partial charge is 0.0175 e. The third kappa shape index (κ3) is 2.61. The summed E-state index contributed by atoms with van der Waals surface area (Å²) in [6, 6.07) is 8.77. The zero-order valence-electron chi connectivity index (χ0n) is 9.41. The van der Waals surface area contributed by atoms with Crippen LogP contribution in [-0.4, -0.2) is 25.0 Å². The van der Waals surface area contributed by atoms with E-state index in [0.717, 1.165) is 5.92 Å². The lowest BCUT2D eigenvalue weighted by Gasteiger charge is -2.19. The van der Waals surface area contributed by atoms with Crippen LogP contribution in [0.5, 0.6) is 0 Å². The van der Waals surface area contributed by atoms with Crippen molar-refractivity contribution in [2.75, 3.05) is 20.1 Å². The van der Waals surface area contributed by atoms with Crippen molar-refractivity contribution in [1.29, 1.82) is 0 Å². The molecular weight excluding hydrogens is 250 g/mol. The molecule has 0 N–H and O–H groups in total. The Morgan fingerprint density at radius 3 is 2.53 bits per heavy atom. The molecule has 0 bridgehead atoms. The molecule has 1 aliphatic rings. The molecule has 1 fully saturated rings. The molecule has 0 aliphatic carbocycles. The number of likely N-dealkylation sites (tertiary alicyclic amines) is 1. The van der Waals surface area contributed by atoms with Gasteiger partial charge in [0.2, 0.25) is 0 Å². The lowest BCUT2D eigenvalue weighted by Crippen LogP contribution is -2.17. The van der Waals surface area contributed by atoms with E-state index < -0.39 is 0 Å². The lowest BCUT2D eigenvalue weighted by atomic mass is 9.87. The minimum absolute atomic E-state index is 0.683. The summed E-state index contributed by atoms with van der Waals surface area (Å²) in [6.45, 7) is 4.86. The monoisotopic (exact) mass is 267 g/mol. The molecule has 2 unspecified atom stereocenters. The maximum atomic E-state index is 3.48. The van der Waals surface area contributed by atoms with E-state index >= 15 is 0 Å². The van der Waals surface area contributed by atoms with Gasteiger partial charge in [-0.1, -0.05) is 35.0 Å². The molecule has 82 valence electrons. The van der Waals surface area contributed by atoms with Crippen LogP contribution in [0.15, 0.2) is 28.7 Å². The van der Waals surface area contributed by atoms with E-state index in [1.165, 1.54) is 29.5 Å². The third-order valence-corrected chi connectivity index (χ3v) is 4.06. The first-order valence-electron chi connectivity index (χ1n) is 5.61. The maximum absolute atomic E-state index is 3.48. The van der Waals surface area contributed by atoms with Crippen LogP contribution in [0.2, 0.25) is 0 Å². The molecule has 2 atom stereocenters. The fourth-order valence-corrected chi connectivity index (χ4v) is 2.68. The number of nitrogens with zero attached hydrogens (tertiary/aromatic N) is 1. The topological polar surface area (TPSA) is 3.24 Å². The van der Waals surface area contributed by atoms with Crippen LogP contribution in [0.3, 0.4) is 0 Å². The Hall–Kier alpha value is -0.340. The van der Waals surface area contributed by atoms with Gasteiger partial charge >= 0.3 is 0 Å². The largest absolute Gasteiger partial charge is 0.306 e. The molecule has 1 heterocycles. The van der Waals surface area contributed by atoms with Crippen molar-refractivity contribution in [2.45, 2.75) is 19.3 Å². The average molecular weight is 268 g/mol. The van der Waals surface area contributed by atoms with E-state index in [1.807, 2.05) is 0 Å². The van der Waals surface area contributed by atoms with Crippen molar-refractivity contribution >= 4 is 15.9 Å². The summed E-state index contributed by atoms with van der Waals surface area (Å²) in [5.41, 5.74) is 1.47. The van der Waals surface area contributed by atoms with Gasteiger partial charge in [-0.15, -0.1) is 0 Å². The van der Waals surface area contributed by atoms with Crippen molar-refractivity contribution in [3.8, 4) is 0 Å². The van der Waals surface area contributed by atoms with Crippen LogP contribution < -0.4 is 0 Å². The normalized spacial score (nSPS) is 24.3. The van der Waals surface area contributed by atoms with E-state index in [0.29, 0.717) is 5.92 Å². The predicted octanol–water partition coefficient (Wildman–Crippen LogP) is 3.50. The number of halogens is 1. The first-order valence-corrected chi connectivity index (χ1v) is 6.40. The molecule has 0 saturated carbocycles. The van der Waals surface area contributed by atoms with Crippen molar-refractivity contribution in [1.82, 2.24) is 4.90 Å². The van der Waals surface area contributed by atoms with Gasteiger partial charge in [0.05, 0.1) is 0 Å². The molecule has 0 radical (unpaired) electrons. The second-order valence-corrected chi connectivity index (χ2v) is 5.57. The minimum atomic E-state index is 0.683. The van der Waals surface area contributed by atoms with Gasteiger partial charge < -0.3 is 4.90 Å². The highest BCUT2D eigenvalue weighted by molar-refractivity contribution is 9.10. The van der Waals surface area contributed by atoms with Gasteiger partial charge in [0.1, 0.15) is 0 Å². The van der Waals surface area contributed by atoms with Crippen LogP contribution >= 0.6 is 15.9 Å². The molecule has 15 heavy (non-hydrogen) atoms. The maximum Gasteiger partial charge on any atom is 0.0175 e. The second kappa shape index (κ2) is 4.67. The molecule has 0 amide bonds. The molecule has 2 heteroatoms. The van der Waals surface area contributed by atoms with Crippen LogP contribution in [0.4, 0.5) is 0 Å². The molecular formula is C13H18BrN. The number of hydrogen-bond donors (Lipinski definition) is 0. The molecule has 0 spiro atoms. The molecule has 1 aromatic rings. The summed E-state index contributed by atoms with van der Waals surface area (Å²) in [5, 5.41) is 0. The number of benzene rings is 1. The standard InChI is InChI=1S/C13H18BrN/c1-10(12-7-8-15(2)9-12)11-3-5-13(14)6-4-11/h3-6,10,12H,7-9H2,1-2H3. The molecule has 2 rings (SSSR count). The van der Waals surface area contributed by atoms with Gasteiger partial charge in [-0.25, -0.2) is 0 Å². The van der Waals surface area contributed by atoms with Gasteiger partial charge in [-0.05, 0) is 49.5 Å². The first kappa shape index (κ1) is 11.2. The molecule has 1 aromatic carbocycles. The van der Waals surface area contributed by atoms with Gasteiger partial charge in [0, 0.05) is 11.0 Å². The predicted molar refractivity (Wildman–Crippen MR) is 68.2 cm³/mol. The molecule has 1 nitrogen and oxygen atoms in total. The Morgan fingerprint density at radius 2 is 2.00 bits per heavy atom. The van der Waals surface area contributed by atoms with Crippen molar-refractivity contribution < 1.29 is 0 Å². The quantitative estimate of drug-likeness (QED) is 0.793. The fourth-order valence-electron chi connectivity index (χ4n) is 2.42. The number of hydrogen-bond acceptors (Lipinski definition) is 1. The minimum Gasteiger partial charge on any atom is -0.306 e. The van der Waals surface area contributed by atoms with E-state index in [-0.39, 0.29) is 0 Å². The van der Waals surface area contributed by atoms with Gasteiger partial charge in [-0.3, -0.25) is 0 Å². The average Bonchev–Trinajstić information content (AvgIpc) is 2.65. The van der Waals surface area contributed by atoms with Crippen molar-refractivity contribution in [2.24, 2.45) is 5.92 Å². The van der Waals surface area contributed by atoms with Gasteiger partial charge in [-0.2, -0.15) is 0 Å². The van der Waals surface area contributed by atoms with Crippen LogP contribution in [0, 0.1) is 5.92 Å². The van der Waals surface area contributed by atoms with E-state index in [4.69, 9.17) is 0 Å². The van der Waals surface area contributed by atoms with E-state index in [2.05, 4.69) is 59.1 Å². The first-order chi connectivity index (χ1) is 7.16. The summed E-state index contributed by atoms with van der Waals surface area (Å²) in [7, 11) is 2.22. The van der Waals surface area contributed by atoms with E-state index in [1.54, 1.807) is 0 Å². The third-order valence-electron chi connectivity index (χ3n) is 3.53. The SMILES string of the molecule is CC(c1ccc(Br)cc1)C1CCN(C)C1. The second-order valence-electron chi connectivity index (χ2n) is 4.65. The van der Waals surface area contributed by atoms with Gasteiger partial charge in [0.15, 0.2) is 0 Å². The van der Waals surface area contributed by atoms with Crippen molar-refractivity contribution in [3.63, 3.8) is 0 Å². The Morgan fingerprint density at radius 1 is 1.33 bits per heavy atom. The number of rotatable bonds is 2. The zero-order chi connectivity index (χ0) is 10.8. The molecule has 1 saturated heterocycles. The Balaban J connectivity index is 2.07. The molecule has 0 aromatic heterocycles. The summed E-state index contributed by atoms with van der Waals surface area (Å²) in [5.74, 6) is 1.51. The highest BCUT2D eigenvalue weighted by atomic mass is 79.9. The van der Waals surface area contributed by atoms with Gasteiger partial charge in [0.25, 0.3) is 0 Å². The van der Waals surface area contributed by atoms with E-state index in [9.17, 15) is 0 Å². The van der Waals surface area contributed by atoms with Crippen LogP contribution in [-0.2, 0) is 0 Å². The summed E-state index contributed by atoms with van der Waals surface area (Å²) >= 11 is 3.48. The highest BCUT2D eigenvalue weighted by Gasteiger charge is 2.25. The zero-order valence-corrected chi connectivity index (χ0v) is 11.0. The molecule has 1 aliphatic heterocycles. The lowest BCUT2D eigenvalue weighted by molar-refractivity contribution is 0.377. The Kier molecular flexibility index (Phi) is 3.47.